The normalized spacial score (nSPS) is 19.6. The number of rotatable bonds is 5. The van der Waals surface area contributed by atoms with Crippen LogP contribution in [0, 0.1) is 5.82 Å². The van der Waals surface area contributed by atoms with Crippen molar-refractivity contribution in [3.8, 4) is 11.1 Å². The molecule has 27 heavy (non-hydrogen) atoms. The molecule has 2 heterocycles. The highest BCUT2D eigenvalue weighted by Crippen LogP contribution is 2.30. The van der Waals surface area contributed by atoms with Gasteiger partial charge in [0.15, 0.2) is 0 Å². The summed E-state index contributed by atoms with van der Waals surface area (Å²) >= 11 is 0. The summed E-state index contributed by atoms with van der Waals surface area (Å²) in [7, 11) is 0. The molecule has 1 N–H and O–H groups in total. The average Bonchev–Trinajstić information content (AvgIpc) is 3.31. The highest BCUT2D eigenvalue weighted by atomic mass is 19.1. The third kappa shape index (κ3) is 3.70. The van der Waals surface area contributed by atoms with Gasteiger partial charge in [-0.05, 0) is 35.7 Å². The molecular weight excluding hydrogens is 347 g/mol. The van der Waals surface area contributed by atoms with Gasteiger partial charge in [0.2, 0.25) is 6.41 Å². The monoisotopic (exact) mass is 368 g/mol. The lowest BCUT2D eigenvalue weighted by molar-refractivity contribution is -0.0924. The number of aromatic nitrogens is 3. The van der Waals surface area contributed by atoms with Gasteiger partial charge in [-0.1, -0.05) is 36.4 Å². The largest absolute Gasteiger partial charge is 0.351 e. The van der Waals surface area contributed by atoms with Crippen molar-refractivity contribution in [1.29, 1.82) is 0 Å². The van der Waals surface area contributed by atoms with Crippen LogP contribution in [0.4, 0.5) is 10.1 Å². The lowest BCUT2D eigenvalue weighted by Crippen LogP contribution is -2.30. The molecule has 140 valence electrons. The molecule has 0 aliphatic carbocycles. The second-order valence-corrected chi connectivity index (χ2v) is 6.58. The molecule has 1 unspecified atom stereocenters. The Labute approximate surface area is 156 Å². The first-order valence-corrected chi connectivity index (χ1v) is 8.97. The van der Waals surface area contributed by atoms with Gasteiger partial charge in [0, 0.05) is 17.4 Å². The Balaban J connectivity index is 1.51. The van der Waals surface area contributed by atoms with Crippen LogP contribution in [0.5, 0.6) is 0 Å². The van der Waals surface area contributed by atoms with Gasteiger partial charge in [-0.2, -0.15) is 0 Å². The molecular formula is C20H21FN4O2. The minimum absolute atomic E-state index is 0.258. The molecule has 0 bridgehead atoms. The standard InChI is InChI=1S/C20H21FN4O2/c1-2-14-3-5-15(6-4-14)18-8-7-16(11-19(18)21)25-13-17(27-20(25)26)12-24-10-9-22-23-24/h3-11,17,20,26H,2,12-13H2,1H3/t17-,20?/m0/s1. The molecule has 2 aromatic carbocycles. The second-order valence-electron chi connectivity index (χ2n) is 6.58. The molecule has 0 radical (unpaired) electrons. The van der Waals surface area contributed by atoms with E-state index in [1.807, 2.05) is 24.3 Å². The Morgan fingerprint density at radius 2 is 2.04 bits per heavy atom. The Morgan fingerprint density at radius 1 is 1.22 bits per heavy atom. The third-order valence-electron chi connectivity index (χ3n) is 4.80. The van der Waals surface area contributed by atoms with Crippen LogP contribution in [-0.2, 0) is 17.7 Å². The van der Waals surface area contributed by atoms with Crippen LogP contribution in [0.3, 0.4) is 0 Å². The van der Waals surface area contributed by atoms with Gasteiger partial charge in [-0.15, -0.1) is 5.10 Å². The van der Waals surface area contributed by atoms with E-state index in [2.05, 4.69) is 17.2 Å². The summed E-state index contributed by atoms with van der Waals surface area (Å²) < 4.78 is 21.9. The van der Waals surface area contributed by atoms with Crippen LogP contribution in [0.2, 0.25) is 0 Å². The van der Waals surface area contributed by atoms with Crippen molar-refractivity contribution in [1.82, 2.24) is 15.0 Å². The molecule has 0 saturated carbocycles. The lowest BCUT2D eigenvalue weighted by Gasteiger charge is -2.21. The maximum atomic E-state index is 14.7. The van der Waals surface area contributed by atoms with Gasteiger partial charge in [0.25, 0.3) is 0 Å². The molecule has 1 fully saturated rings. The summed E-state index contributed by atoms with van der Waals surface area (Å²) in [6.07, 6.45) is 2.89. The predicted octanol–water partition coefficient (Wildman–Crippen LogP) is 2.83. The molecule has 1 saturated heterocycles. The number of anilines is 1. The number of halogens is 1. The molecule has 3 aromatic rings. The van der Waals surface area contributed by atoms with Crippen LogP contribution in [-0.4, -0.2) is 39.2 Å². The quantitative estimate of drug-likeness (QED) is 0.750. The fraction of sp³-hybridized carbons (Fsp3) is 0.300. The van der Waals surface area contributed by atoms with Crippen molar-refractivity contribution >= 4 is 5.69 Å². The molecule has 0 spiro atoms. The lowest BCUT2D eigenvalue weighted by atomic mass is 10.0. The summed E-state index contributed by atoms with van der Waals surface area (Å²) in [4.78, 5) is 1.63. The van der Waals surface area contributed by atoms with Crippen molar-refractivity contribution in [2.24, 2.45) is 0 Å². The fourth-order valence-electron chi connectivity index (χ4n) is 3.31. The van der Waals surface area contributed by atoms with Gasteiger partial charge in [0.1, 0.15) is 5.82 Å². The number of benzene rings is 2. The van der Waals surface area contributed by atoms with E-state index in [1.165, 1.54) is 11.6 Å². The number of hydrogen-bond acceptors (Lipinski definition) is 5. The van der Waals surface area contributed by atoms with Crippen LogP contribution < -0.4 is 4.90 Å². The number of aliphatic hydroxyl groups is 1. The first-order chi connectivity index (χ1) is 13.1. The topological polar surface area (TPSA) is 63.4 Å². The smallest absolute Gasteiger partial charge is 0.238 e. The molecule has 2 atom stereocenters. The first-order valence-electron chi connectivity index (χ1n) is 8.97. The van der Waals surface area contributed by atoms with Crippen LogP contribution in [0.1, 0.15) is 12.5 Å². The average molecular weight is 368 g/mol. The number of nitrogens with zero attached hydrogens (tertiary/aromatic N) is 4. The van der Waals surface area contributed by atoms with E-state index >= 15 is 0 Å². The van der Waals surface area contributed by atoms with Crippen LogP contribution in [0.25, 0.3) is 11.1 Å². The zero-order valence-electron chi connectivity index (χ0n) is 15.0. The van der Waals surface area contributed by atoms with E-state index in [-0.39, 0.29) is 11.9 Å². The summed E-state index contributed by atoms with van der Waals surface area (Å²) in [6.45, 7) is 2.99. The van der Waals surface area contributed by atoms with Crippen molar-refractivity contribution in [3.63, 3.8) is 0 Å². The number of aliphatic hydroxyl groups excluding tert-OH is 1. The summed E-state index contributed by atoms with van der Waals surface area (Å²) in [6, 6.07) is 12.9. The van der Waals surface area contributed by atoms with Crippen molar-refractivity contribution in [2.75, 3.05) is 11.4 Å². The number of hydrogen-bond donors (Lipinski definition) is 1. The van der Waals surface area contributed by atoms with Gasteiger partial charge in [0.05, 0.1) is 25.4 Å². The molecule has 4 rings (SSSR count). The van der Waals surface area contributed by atoms with Gasteiger partial charge in [-0.25, -0.2) is 9.07 Å². The zero-order valence-corrected chi connectivity index (χ0v) is 15.0. The molecule has 1 aliphatic heterocycles. The van der Waals surface area contributed by atoms with Crippen molar-refractivity contribution in [3.05, 3.63) is 66.2 Å². The second kappa shape index (κ2) is 7.46. The van der Waals surface area contributed by atoms with Gasteiger partial charge >= 0.3 is 0 Å². The van der Waals surface area contributed by atoms with Crippen LogP contribution in [0.15, 0.2) is 54.9 Å². The van der Waals surface area contributed by atoms with Gasteiger partial charge < -0.3 is 14.7 Å². The Hall–Kier alpha value is -2.77. The predicted molar refractivity (Wildman–Crippen MR) is 99.5 cm³/mol. The SMILES string of the molecule is CCc1ccc(-c2ccc(N3C[C@H](Cn4ccnn4)OC3O)cc2F)cc1. The summed E-state index contributed by atoms with van der Waals surface area (Å²) in [5, 5.41) is 17.9. The van der Waals surface area contributed by atoms with E-state index < -0.39 is 6.41 Å². The summed E-state index contributed by atoms with van der Waals surface area (Å²) in [5.41, 5.74) is 3.16. The van der Waals surface area contributed by atoms with Crippen LogP contribution >= 0.6 is 0 Å². The van der Waals surface area contributed by atoms with E-state index in [0.717, 1.165) is 12.0 Å². The first kappa shape index (κ1) is 17.6. The van der Waals surface area contributed by atoms with E-state index in [1.54, 1.807) is 34.1 Å². The minimum Gasteiger partial charge on any atom is -0.351 e. The highest BCUT2D eigenvalue weighted by Gasteiger charge is 2.32. The highest BCUT2D eigenvalue weighted by molar-refractivity contribution is 5.67. The number of ether oxygens (including phenoxy) is 1. The van der Waals surface area contributed by atoms with Crippen molar-refractivity contribution < 1.29 is 14.2 Å². The minimum atomic E-state index is -1.12. The molecule has 1 aromatic heterocycles. The maximum absolute atomic E-state index is 14.7. The zero-order chi connectivity index (χ0) is 18.8. The fourth-order valence-corrected chi connectivity index (χ4v) is 3.31. The van der Waals surface area contributed by atoms with Crippen molar-refractivity contribution in [2.45, 2.75) is 32.4 Å². The Bertz CT molecular complexity index is 899. The number of aryl methyl sites for hydroxylation is 1. The van der Waals surface area contributed by atoms with E-state index in [4.69, 9.17) is 4.74 Å². The molecule has 0 amide bonds. The Kier molecular flexibility index (Phi) is 4.87. The third-order valence-corrected chi connectivity index (χ3v) is 4.80. The van der Waals surface area contributed by atoms with Gasteiger partial charge in [-0.3, -0.25) is 0 Å². The van der Waals surface area contributed by atoms with E-state index in [0.29, 0.717) is 24.3 Å². The molecule has 1 aliphatic rings. The summed E-state index contributed by atoms with van der Waals surface area (Å²) in [5.74, 6) is -0.330. The maximum Gasteiger partial charge on any atom is 0.238 e. The molecule has 6 nitrogen and oxygen atoms in total. The Morgan fingerprint density at radius 3 is 2.70 bits per heavy atom. The molecule has 7 heteroatoms. The van der Waals surface area contributed by atoms with E-state index in [9.17, 15) is 9.50 Å².